The highest BCUT2D eigenvalue weighted by Gasteiger charge is 2.10. The minimum Gasteiger partial charge on any atom is -0.348 e. The third-order valence-corrected chi connectivity index (χ3v) is 4.31. The van der Waals surface area contributed by atoms with Crippen LogP contribution in [0.2, 0.25) is 10.0 Å². The average Bonchev–Trinajstić information content (AvgIpc) is 2.61. The van der Waals surface area contributed by atoms with Crippen molar-refractivity contribution in [2.24, 2.45) is 0 Å². The molecule has 0 atom stereocenters. The lowest BCUT2D eigenvalue weighted by Crippen LogP contribution is -2.23. The SMILES string of the molecule is O=C(NCc1ccccc1-c1ccc(Cl)cc1)c1ccccc1Cl. The van der Waals surface area contributed by atoms with Gasteiger partial charge in [0.25, 0.3) is 5.91 Å². The molecule has 0 spiro atoms. The van der Waals surface area contributed by atoms with E-state index in [0.29, 0.717) is 22.2 Å². The summed E-state index contributed by atoms with van der Waals surface area (Å²) in [5.41, 5.74) is 3.62. The van der Waals surface area contributed by atoms with Crippen LogP contribution in [0.25, 0.3) is 11.1 Å². The smallest absolute Gasteiger partial charge is 0.253 e. The highest BCUT2D eigenvalue weighted by molar-refractivity contribution is 6.33. The van der Waals surface area contributed by atoms with Gasteiger partial charge in [-0.05, 0) is 41.0 Å². The molecular formula is C20H15Cl2NO. The predicted molar refractivity (Wildman–Crippen MR) is 99.5 cm³/mol. The van der Waals surface area contributed by atoms with Gasteiger partial charge in [-0.1, -0.05) is 71.7 Å². The number of hydrogen-bond donors (Lipinski definition) is 1. The summed E-state index contributed by atoms with van der Waals surface area (Å²) in [5, 5.41) is 4.07. The van der Waals surface area contributed by atoms with Crippen molar-refractivity contribution in [2.45, 2.75) is 6.54 Å². The topological polar surface area (TPSA) is 29.1 Å². The number of carbonyl (C=O) groups is 1. The number of rotatable bonds is 4. The summed E-state index contributed by atoms with van der Waals surface area (Å²) in [7, 11) is 0. The van der Waals surface area contributed by atoms with E-state index >= 15 is 0 Å². The lowest BCUT2D eigenvalue weighted by molar-refractivity contribution is 0.0951. The first kappa shape index (κ1) is 16.6. The van der Waals surface area contributed by atoms with Gasteiger partial charge in [0, 0.05) is 11.6 Å². The van der Waals surface area contributed by atoms with Crippen molar-refractivity contribution in [1.29, 1.82) is 0 Å². The summed E-state index contributed by atoms with van der Waals surface area (Å²) in [5.74, 6) is -0.188. The first-order chi connectivity index (χ1) is 11.6. The number of carbonyl (C=O) groups excluding carboxylic acids is 1. The molecule has 3 aromatic rings. The Morgan fingerprint density at radius 2 is 1.50 bits per heavy atom. The Hall–Kier alpha value is -2.29. The zero-order chi connectivity index (χ0) is 16.9. The zero-order valence-electron chi connectivity index (χ0n) is 12.8. The molecular weight excluding hydrogens is 341 g/mol. The lowest BCUT2D eigenvalue weighted by Gasteiger charge is -2.12. The molecule has 0 saturated heterocycles. The van der Waals surface area contributed by atoms with Crippen LogP contribution in [0.15, 0.2) is 72.8 Å². The Morgan fingerprint density at radius 1 is 0.833 bits per heavy atom. The molecule has 0 saturated carbocycles. The van der Waals surface area contributed by atoms with Crippen LogP contribution in [-0.4, -0.2) is 5.91 Å². The summed E-state index contributed by atoms with van der Waals surface area (Å²) in [4.78, 5) is 12.3. The normalized spacial score (nSPS) is 10.4. The molecule has 0 radical (unpaired) electrons. The molecule has 0 aromatic heterocycles. The zero-order valence-corrected chi connectivity index (χ0v) is 14.3. The molecule has 0 fully saturated rings. The summed E-state index contributed by atoms with van der Waals surface area (Å²) < 4.78 is 0. The molecule has 2 nitrogen and oxygen atoms in total. The molecule has 3 aromatic carbocycles. The maximum atomic E-state index is 12.3. The van der Waals surface area contributed by atoms with Gasteiger partial charge in [-0.25, -0.2) is 0 Å². The number of benzene rings is 3. The Balaban J connectivity index is 1.80. The van der Waals surface area contributed by atoms with Crippen LogP contribution in [0.1, 0.15) is 15.9 Å². The molecule has 24 heavy (non-hydrogen) atoms. The summed E-state index contributed by atoms with van der Waals surface area (Å²) in [6.07, 6.45) is 0. The van der Waals surface area contributed by atoms with Gasteiger partial charge in [-0.3, -0.25) is 4.79 Å². The maximum absolute atomic E-state index is 12.3. The van der Waals surface area contributed by atoms with Gasteiger partial charge in [-0.15, -0.1) is 0 Å². The predicted octanol–water partition coefficient (Wildman–Crippen LogP) is 5.59. The van der Waals surface area contributed by atoms with Crippen molar-refractivity contribution in [1.82, 2.24) is 5.32 Å². The van der Waals surface area contributed by atoms with Crippen molar-refractivity contribution in [3.05, 3.63) is 94.0 Å². The van der Waals surface area contributed by atoms with E-state index in [4.69, 9.17) is 23.2 Å². The monoisotopic (exact) mass is 355 g/mol. The van der Waals surface area contributed by atoms with Crippen LogP contribution in [0, 0.1) is 0 Å². The van der Waals surface area contributed by atoms with Gasteiger partial charge < -0.3 is 5.32 Å². The Bertz CT molecular complexity index is 860. The minimum absolute atomic E-state index is 0.188. The van der Waals surface area contributed by atoms with Crippen molar-refractivity contribution in [2.75, 3.05) is 0 Å². The van der Waals surface area contributed by atoms with Gasteiger partial charge in [0.05, 0.1) is 10.6 Å². The van der Waals surface area contributed by atoms with E-state index in [-0.39, 0.29) is 5.91 Å². The van der Waals surface area contributed by atoms with Crippen LogP contribution >= 0.6 is 23.2 Å². The summed E-state index contributed by atoms with van der Waals surface area (Å²) >= 11 is 12.0. The molecule has 0 bridgehead atoms. The van der Waals surface area contributed by atoms with Crippen LogP contribution in [0.4, 0.5) is 0 Å². The fourth-order valence-electron chi connectivity index (χ4n) is 2.50. The van der Waals surface area contributed by atoms with Gasteiger partial charge >= 0.3 is 0 Å². The van der Waals surface area contributed by atoms with E-state index in [1.165, 1.54) is 0 Å². The largest absolute Gasteiger partial charge is 0.348 e. The second-order valence-corrected chi connectivity index (χ2v) is 6.17. The lowest BCUT2D eigenvalue weighted by atomic mass is 9.99. The fraction of sp³-hybridized carbons (Fsp3) is 0.0500. The second-order valence-electron chi connectivity index (χ2n) is 5.33. The highest BCUT2D eigenvalue weighted by Crippen LogP contribution is 2.25. The van der Waals surface area contributed by atoms with Gasteiger partial charge in [-0.2, -0.15) is 0 Å². The van der Waals surface area contributed by atoms with E-state index in [1.54, 1.807) is 24.3 Å². The van der Waals surface area contributed by atoms with Crippen molar-refractivity contribution in [3.8, 4) is 11.1 Å². The van der Waals surface area contributed by atoms with Gasteiger partial charge in [0.1, 0.15) is 0 Å². The molecule has 4 heteroatoms. The van der Waals surface area contributed by atoms with Crippen molar-refractivity contribution < 1.29 is 4.79 Å². The average molecular weight is 356 g/mol. The molecule has 0 aliphatic carbocycles. The second kappa shape index (κ2) is 7.52. The molecule has 0 aliphatic rings. The molecule has 0 heterocycles. The highest BCUT2D eigenvalue weighted by atomic mass is 35.5. The minimum atomic E-state index is -0.188. The Labute approximate surface area is 151 Å². The van der Waals surface area contributed by atoms with E-state index in [2.05, 4.69) is 5.32 Å². The Kier molecular flexibility index (Phi) is 5.19. The van der Waals surface area contributed by atoms with Crippen LogP contribution < -0.4 is 5.32 Å². The van der Waals surface area contributed by atoms with E-state index in [9.17, 15) is 4.79 Å². The van der Waals surface area contributed by atoms with E-state index in [0.717, 1.165) is 16.7 Å². The third-order valence-electron chi connectivity index (χ3n) is 3.73. The molecule has 0 aliphatic heterocycles. The number of nitrogens with one attached hydrogen (secondary N) is 1. The molecule has 0 unspecified atom stereocenters. The summed E-state index contributed by atoms with van der Waals surface area (Å²) in [6.45, 7) is 0.420. The van der Waals surface area contributed by atoms with E-state index < -0.39 is 0 Å². The van der Waals surface area contributed by atoms with Crippen molar-refractivity contribution >= 4 is 29.1 Å². The fourth-order valence-corrected chi connectivity index (χ4v) is 2.85. The first-order valence-electron chi connectivity index (χ1n) is 7.52. The molecule has 1 amide bonds. The number of hydrogen-bond acceptors (Lipinski definition) is 1. The Morgan fingerprint density at radius 3 is 2.25 bits per heavy atom. The standard InChI is InChI=1S/C20H15Cl2NO/c21-16-11-9-14(10-12-16)17-6-2-1-5-15(17)13-23-20(24)18-7-3-4-8-19(18)22/h1-12H,13H2,(H,23,24). The van der Waals surface area contributed by atoms with E-state index in [1.807, 2.05) is 48.5 Å². The van der Waals surface area contributed by atoms with Gasteiger partial charge in [0.2, 0.25) is 0 Å². The first-order valence-corrected chi connectivity index (χ1v) is 8.27. The maximum Gasteiger partial charge on any atom is 0.253 e. The molecule has 3 rings (SSSR count). The summed E-state index contributed by atoms with van der Waals surface area (Å²) in [6, 6.07) is 22.6. The van der Waals surface area contributed by atoms with Crippen LogP contribution in [0.3, 0.4) is 0 Å². The number of amides is 1. The number of halogens is 2. The quantitative estimate of drug-likeness (QED) is 0.649. The van der Waals surface area contributed by atoms with Crippen LogP contribution in [0.5, 0.6) is 0 Å². The van der Waals surface area contributed by atoms with Crippen LogP contribution in [-0.2, 0) is 6.54 Å². The molecule has 120 valence electrons. The van der Waals surface area contributed by atoms with Crippen molar-refractivity contribution in [3.63, 3.8) is 0 Å². The van der Waals surface area contributed by atoms with Gasteiger partial charge in [0.15, 0.2) is 0 Å². The molecule has 1 N–H and O–H groups in total. The third kappa shape index (κ3) is 3.78.